The maximum absolute atomic E-state index is 12.8. The maximum atomic E-state index is 12.8. The summed E-state index contributed by atoms with van der Waals surface area (Å²) < 4.78 is 0. The van der Waals surface area contributed by atoms with E-state index in [4.69, 9.17) is 0 Å². The van der Waals surface area contributed by atoms with E-state index in [0.29, 0.717) is 22.1 Å². The first kappa shape index (κ1) is 23.3. The van der Waals surface area contributed by atoms with Crippen LogP contribution in [-0.2, 0) is 19.5 Å². The molecule has 0 spiro atoms. The van der Waals surface area contributed by atoms with Gasteiger partial charge in [-0.1, -0.05) is 12.1 Å². The molecule has 4 aromatic rings. The minimum atomic E-state index is -0.212. The number of hydrogen-bond acceptors (Lipinski definition) is 8. The fourth-order valence-corrected chi connectivity index (χ4v) is 5.82. The molecule has 0 saturated carbocycles. The van der Waals surface area contributed by atoms with Gasteiger partial charge in [0.2, 0.25) is 0 Å². The summed E-state index contributed by atoms with van der Waals surface area (Å²) in [6.45, 7) is 4.13. The number of fused-ring (bicyclic) bond motifs is 1. The number of amides is 2. The Bertz CT molecular complexity index is 1400. The zero-order valence-electron chi connectivity index (χ0n) is 19.4. The molecule has 35 heavy (non-hydrogen) atoms. The van der Waals surface area contributed by atoms with E-state index in [1.165, 1.54) is 27.6 Å². The van der Waals surface area contributed by atoms with Crippen LogP contribution in [-0.4, -0.2) is 45.3 Å². The lowest BCUT2D eigenvalue weighted by Gasteiger charge is -2.20. The van der Waals surface area contributed by atoms with Gasteiger partial charge in [-0.15, -0.1) is 22.7 Å². The Balaban J connectivity index is 1.21. The molecule has 0 unspecified atom stereocenters. The minimum absolute atomic E-state index is 0.205. The topological polar surface area (TPSA) is 100 Å². The van der Waals surface area contributed by atoms with Crippen LogP contribution >= 0.6 is 22.7 Å². The second kappa shape index (κ2) is 10.0. The Morgan fingerprint density at radius 3 is 2.89 bits per heavy atom. The molecular formula is C25H24N6O2S2. The summed E-state index contributed by atoms with van der Waals surface area (Å²) in [6, 6.07) is 9.16. The summed E-state index contributed by atoms with van der Waals surface area (Å²) in [6.07, 6.45) is 5.97. The number of aromatic nitrogens is 3. The lowest BCUT2D eigenvalue weighted by atomic mass is 10.1. The number of likely N-dealkylation sites (N-methyl/N-ethyl adjacent to an activating group) is 1. The monoisotopic (exact) mass is 504 g/mol. The minimum Gasteiger partial charge on any atom is -0.347 e. The van der Waals surface area contributed by atoms with E-state index in [2.05, 4.69) is 37.5 Å². The molecule has 1 aliphatic rings. The van der Waals surface area contributed by atoms with Gasteiger partial charge in [0.05, 0.1) is 11.9 Å². The molecule has 10 heteroatoms. The number of pyridine rings is 1. The fourth-order valence-electron chi connectivity index (χ4n) is 3.83. The zero-order valence-corrected chi connectivity index (χ0v) is 21.0. The third-order valence-electron chi connectivity index (χ3n) is 5.78. The number of carbonyl (C=O) groups is 2. The summed E-state index contributed by atoms with van der Waals surface area (Å²) in [4.78, 5) is 42.6. The second-order valence-corrected chi connectivity index (χ2v) is 10.5. The van der Waals surface area contributed by atoms with Crippen LogP contribution in [0.1, 0.15) is 41.7 Å². The third-order valence-corrected chi connectivity index (χ3v) is 7.81. The summed E-state index contributed by atoms with van der Waals surface area (Å²) in [5.74, 6) is -0.417. The van der Waals surface area contributed by atoms with Crippen LogP contribution in [0.4, 0.5) is 5.13 Å². The van der Waals surface area contributed by atoms with Gasteiger partial charge in [-0.2, -0.15) is 0 Å². The van der Waals surface area contributed by atoms with Crippen molar-refractivity contribution in [3.63, 3.8) is 0 Å². The van der Waals surface area contributed by atoms with Crippen LogP contribution in [0.3, 0.4) is 0 Å². The molecule has 4 heterocycles. The normalized spacial score (nSPS) is 13.3. The lowest BCUT2D eigenvalue weighted by Crippen LogP contribution is -2.25. The fraction of sp³-hybridized carbons (Fsp3) is 0.240. The molecule has 0 fully saturated rings. The summed E-state index contributed by atoms with van der Waals surface area (Å²) in [7, 11) is 2.08. The summed E-state index contributed by atoms with van der Waals surface area (Å²) in [5.41, 5.74) is 4.41. The van der Waals surface area contributed by atoms with E-state index < -0.39 is 0 Å². The molecule has 2 amide bonds. The standard InChI is InChI=1S/C25H24N6O2S2/c1-15-6-8-26-12-18(15)24-28-13-20(34-24)23(33)27-11-16-4-3-5-17(10-16)22(32)30-25-29-19-7-9-31(2)14-21(19)35-25/h3-6,8,10,12-13H,7,9,11,14H2,1-2H3,(H,27,33)(H,29,30,32). The molecule has 0 atom stereocenters. The van der Waals surface area contributed by atoms with Crippen LogP contribution in [0, 0.1) is 6.92 Å². The average molecular weight is 505 g/mol. The van der Waals surface area contributed by atoms with Crippen molar-refractivity contribution in [1.29, 1.82) is 0 Å². The molecule has 0 bridgehead atoms. The molecule has 0 aliphatic carbocycles. The predicted octanol–water partition coefficient (Wildman–Crippen LogP) is 4.14. The first-order chi connectivity index (χ1) is 17.0. The van der Waals surface area contributed by atoms with Crippen LogP contribution in [0.15, 0.2) is 48.9 Å². The van der Waals surface area contributed by atoms with Crippen LogP contribution in [0.2, 0.25) is 0 Å². The highest BCUT2D eigenvalue weighted by Crippen LogP contribution is 2.28. The van der Waals surface area contributed by atoms with E-state index in [-0.39, 0.29) is 11.8 Å². The van der Waals surface area contributed by atoms with E-state index in [1.807, 2.05) is 25.1 Å². The van der Waals surface area contributed by atoms with Crippen molar-refractivity contribution < 1.29 is 9.59 Å². The van der Waals surface area contributed by atoms with Crippen LogP contribution in [0.25, 0.3) is 10.6 Å². The quantitative estimate of drug-likeness (QED) is 0.409. The second-order valence-electron chi connectivity index (χ2n) is 8.43. The number of hydrogen-bond donors (Lipinski definition) is 2. The molecule has 178 valence electrons. The van der Waals surface area contributed by atoms with Gasteiger partial charge in [-0.25, -0.2) is 9.97 Å². The number of nitrogens with zero attached hydrogens (tertiary/aromatic N) is 4. The average Bonchev–Trinajstić information content (AvgIpc) is 3.50. The van der Waals surface area contributed by atoms with Crippen molar-refractivity contribution in [3.05, 3.63) is 81.1 Å². The molecule has 3 aromatic heterocycles. The Kier molecular flexibility index (Phi) is 6.67. The van der Waals surface area contributed by atoms with Crippen LogP contribution in [0.5, 0.6) is 0 Å². The highest BCUT2D eigenvalue weighted by Gasteiger charge is 2.20. The summed E-state index contributed by atoms with van der Waals surface area (Å²) in [5, 5.41) is 7.22. The van der Waals surface area contributed by atoms with Crippen molar-refractivity contribution in [2.24, 2.45) is 0 Å². The van der Waals surface area contributed by atoms with Crippen molar-refractivity contribution >= 4 is 39.6 Å². The molecule has 8 nitrogen and oxygen atoms in total. The maximum Gasteiger partial charge on any atom is 0.263 e. The Hall–Kier alpha value is -3.47. The van der Waals surface area contributed by atoms with Crippen molar-refractivity contribution in [2.45, 2.75) is 26.4 Å². The number of carbonyl (C=O) groups excluding carboxylic acids is 2. The largest absolute Gasteiger partial charge is 0.347 e. The molecule has 1 aliphatic heterocycles. The Morgan fingerprint density at radius 1 is 1.14 bits per heavy atom. The number of aryl methyl sites for hydroxylation is 1. The van der Waals surface area contributed by atoms with Crippen molar-refractivity contribution in [1.82, 2.24) is 25.2 Å². The highest BCUT2D eigenvalue weighted by molar-refractivity contribution is 7.17. The smallest absolute Gasteiger partial charge is 0.263 e. The molecule has 0 saturated heterocycles. The van der Waals surface area contributed by atoms with Crippen LogP contribution < -0.4 is 10.6 Å². The molecule has 2 N–H and O–H groups in total. The first-order valence-electron chi connectivity index (χ1n) is 11.2. The Labute approximate surface area is 211 Å². The predicted molar refractivity (Wildman–Crippen MR) is 138 cm³/mol. The molecular weight excluding hydrogens is 480 g/mol. The number of rotatable bonds is 6. The van der Waals surface area contributed by atoms with E-state index in [9.17, 15) is 9.59 Å². The van der Waals surface area contributed by atoms with E-state index >= 15 is 0 Å². The van der Waals surface area contributed by atoms with Gasteiger partial charge in [0.15, 0.2) is 5.13 Å². The van der Waals surface area contributed by atoms with Gasteiger partial charge in [0, 0.05) is 54.5 Å². The number of anilines is 1. The van der Waals surface area contributed by atoms with Gasteiger partial charge in [-0.05, 0) is 43.3 Å². The highest BCUT2D eigenvalue weighted by atomic mass is 32.1. The van der Waals surface area contributed by atoms with Gasteiger partial charge < -0.3 is 10.2 Å². The number of benzene rings is 1. The zero-order chi connectivity index (χ0) is 24.4. The van der Waals surface area contributed by atoms with Gasteiger partial charge in [-0.3, -0.25) is 19.9 Å². The molecule has 0 radical (unpaired) electrons. The molecule has 5 rings (SSSR count). The SMILES string of the molecule is Cc1ccncc1-c1ncc(C(=O)NCc2cccc(C(=O)Nc3nc4c(s3)CN(C)CC4)c2)s1. The van der Waals surface area contributed by atoms with E-state index in [0.717, 1.165) is 46.9 Å². The van der Waals surface area contributed by atoms with Crippen molar-refractivity contribution in [3.8, 4) is 10.6 Å². The third kappa shape index (κ3) is 5.29. The van der Waals surface area contributed by atoms with Gasteiger partial charge >= 0.3 is 0 Å². The van der Waals surface area contributed by atoms with Crippen molar-refractivity contribution in [2.75, 3.05) is 18.9 Å². The van der Waals surface area contributed by atoms with E-state index in [1.54, 1.807) is 30.7 Å². The molecule has 1 aromatic carbocycles. The Morgan fingerprint density at radius 2 is 2.03 bits per heavy atom. The first-order valence-corrected chi connectivity index (χ1v) is 12.8. The summed E-state index contributed by atoms with van der Waals surface area (Å²) >= 11 is 2.86. The number of nitrogens with one attached hydrogen (secondary N) is 2. The lowest BCUT2D eigenvalue weighted by molar-refractivity contribution is 0.0954. The van der Waals surface area contributed by atoms with Gasteiger partial charge in [0.1, 0.15) is 9.88 Å². The van der Waals surface area contributed by atoms with Gasteiger partial charge in [0.25, 0.3) is 11.8 Å². The number of thiazole rings is 2.